The minimum absolute atomic E-state index is 0.000165. The summed E-state index contributed by atoms with van der Waals surface area (Å²) in [4.78, 5) is 41.2. The SMILES string of the molecule is Cc1cc(NC(=O)COC(=O)c2c3c(nc4ccccc24)/C(=C/c2cccc([N+](=O)[O-])c2)CCC3)no1. The van der Waals surface area contributed by atoms with E-state index in [4.69, 9.17) is 14.2 Å². The summed E-state index contributed by atoms with van der Waals surface area (Å²) in [6, 6.07) is 15.2. The highest BCUT2D eigenvalue weighted by atomic mass is 16.6. The Kier molecular flexibility index (Phi) is 6.46. The van der Waals surface area contributed by atoms with Crippen molar-refractivity contribution < 1.29 is 23.8 Å². The van der Waals surface area contributed by atoms with Crippen LogP contribution in [-0.2, 0) is 16.0 Å². The van der Waals surface area contributed by atoms with Gasteiger partial charge in [0, 0.05) is 23.6 Å². The molecule has 0 saturated carbocycles. The topological polar surface area (TPSA) is 137 Å². The summed E-state index contributed by atoms with van der Waals surface area (Å²) in [5.41, 5.74) is 3.93. The Morgan fingerprint density at radius 3 is 2.78 bits per heavy atom. The number of nitro benzene ring substituents is 1. The summed E-state index contributed by atoms with van der Waals surface area (Å²) in [6.07, 6.45) is 3.94. The van der Waals surface area contributed by atoms with E-state index in [0.717, 1.165) is 17.6 Å². The maximum atomic E-state index is 13.3. The molecule has 0 saturated heterocycles. The van der Waals surface area contributed by atoms with E-state index < -0.39 is 23.4 Å². The molecule has 0 atom stereocenters. The predicted molar refractivity (Wildman–Crippen MR) is 136 cm³/mol. The number of aryl methyl sites for hydroxylation is 1. The quantitative estimate of drug-likeness (QED) is 0.220. The van der Waals surface area contributed by atoms with Gasteiger partial charge < -0.3 is 14.6 Å². The molecule has 10 heteroatoms. The highest BCUT2D eigenvalue weighted by Gasteiger charge is 2.26. The molecule has 2 aromatic carbocycles. The predicted octanol–water partition coefficient (Wildman–Crippen LogP) is 5.11. The summed E-state index contributed by atoms with van der Waals surface area (Å²) in [6.45, 7) is 1.20. The number of benzene rings is 2. The van der Waals surface area contributed by atoms with Crippen molar-refractivity contribution in [2.24, 2.45) is 0 Å². The number of hydrogen-bond donors (Lipinski definition) is 1. The molecule has 0 unspecified atom stereocenters. The van der Waals surface area contributed by atoms with Gasteiger partial charge >= 0.3 is 5.97 Å². The monoisotopic (exact) mass is 498 g/mol. The van der Waals surface area contributed by atoms with Gasteiger partial charge in [-0.2, -0.15) is 0 Å². The summed E-state index contributed by atoms with van der Waals surface area (Å²) < 4.78 is 10.3. The molecule has 2 aromatic heterocycles. The number of carbonyl (C=O) groups excluding carboxylic acids is 2. The number of nitrogens with one attached hydrogen (secondary N) is 1. The van der Waals surface area contributed by atoms with Gasteiger partial charge in [0.25, 0.3) is 11.6 Å². The first-order valence-corrected chi connectivity index (χ1v) is 11.7. The smallest absolute Gasteiger partial charge is 0.339 e. The van der Waals surface area contributed by atoms with E-state index in [-0.39, 0.29) is 11.5 Å². The number of fused-ring (bicyclic) bond motifs is 2. The number of allylic oxidation sites excluding steroid dienone is 1. The van der Waals surface area contributed by atoms with Crippen LogP contribution in [0.1, 0.15) is 45.8 Å². The van der Waals surface area contributed by atoms with Gasteiger partial charge in [0.2, 0.25) is 0 Å². The lowest BCUT2D eigenvalue weighted by atomic mass is 9.86. The summed E-state index contributed by atoms with van der Waals surface area (Å²) >= 11 is 0. The lowest BCUT2D eigenvalue weighted by Gasteiger charge is -2.22. The average Bonchev–Trinajstić information content (AvgIpc) is 3.30. The third-order valence-corrected chi connectivity index (χ3v) is 6.03. The molecule has 5 rings (SSSR count). The molecule has 1 aliphatic carbocycles. The number of carbonyl (C=O) groups is 2. The van der Waals surface area contributed by atoms with Crippen LogP contribution in [0, 0.1) is 17.0 Å². The van der Waals surface area contributed by atoms with Crippen molar-refractivity contribution >= 4 is 45.9 Å². The maximum absolute atomic E-state index is 13.3. The van der Waals surface area contributed by atoms with Crippen LogP contribution >= 0.6 is 0 Å². The molecule has 0 bridgehead atoms. The minimum atomic E-state index is -0.627. The largest absolute Gasteiger partial charge is 0.452 e. The number of rotatable bonds is 6. The number of hydrogen-bond acceptors (Lipinski definition) is 8. The highest BCUT2D eigenvalue weighted by molar-refractivity contribution is 6.07. The van der Waals surface area contributed by atoms with Gasteiger partial charge in [0.15, 0.2) is 12.4 Å². The molecule has 37 heavy (non-hydrogen) atoms. The fourth-order valence-electron chi connectivity index (χ4n) is 4.44. The number of nitrogens with zero attached hydrogens (tertiary/aromatic N) is 3. The first kappa shape index (κ1) is 23.9. The number of ether oxygens (including phenoxy) is 1. The fraction of sp³-hybridized carbons (Fsp3) is 0.185. The first-order valence-electron chi connectivity index (χ1n) is 11.7. The van der Waals surface area contributed by atoms with E-state index in [2.05, 4.69) is 10.5 Å². The molecule has 10 nitrogen and oxygen atoms in total. The maximum Gasteiger partial charge on any atom is 0.339 e. The van der Waals surface area contributed by atoms with Crippen molar-refractivity contribution in [3.8, 4) is 0 Å². The van der Waals surface area contributed by atoms with Crippen LogP contribution in [-0.4, -0.2) is 33.5 Å². The Hall–Kier alpha value is -4.86. The van der Waals surface area contributed by atoms with Crippen molar-refractivity contribution in [3.63, 3.8) is 0 Å². The second-order valence-electron chi connectivity index (χ2n) is 8.65. The second-order valence-corrected chi connectivity index (χ2v) is 8.65. The summed E-state index contributed by atoms with van der Waals surface area (Å²) in [7, 11) is 0. The Morgan fingerprint density at radius 1 is 1.16 bits per heavy atom. The van der Waals surface area contributed by atoms with Gasteiger partial charge in [-0.3, -0.25) is 14.9 Å². The average molecular weight is 498 g/mol. The Bertz CT molecular complexity index is 1570. The van der Waals surface area contributed by atoms with Gasteiger partial charge in [-0.1, -0.05) is 35.5 Å². The number of anilines is 1. The van der Waals surface area contributed by atoms with Crippen LogP contribution in [0.15, 0.2) is 59.1 Å². The fourth-order valence-corrected chi connectivity index (χ4v) is 4.44. The minimum Gasteiger partial charge on any atom is -0.452 e. The Labute approximate surface area is 211 Å². The van der Waals surface area contributed by atoms with E-state index in [0.29, 0.717) is 46.3 Å². The van der Waals surface area contributed by atoms with E-state index in [1.165, 1.54) is 12.1 Å². The van der Waals surface area contributed by atoms with Crippen molar-refractivity contribution in [1.29, 1.82) is 0 Å². The zero-order valence-corrected chi connectivity index (χ0v) is 19.9. The van der Waals surface area contributed by atoms with Gasteiger partial charge in [-0.25, -0.2) is 9.78 Å². The van der Waals surface area contributed by atoms with Crippen LogP contribution in [0.3, 0.4) is 0 Å². The lowest BCUT2D eigenvalue weighted by Crippen LogP contribution is -2.22. The normalized spacial score (nSPS) is 13.8. The second kappa shape index (κ2) is 10.0. The van der Waals surface area contributed by atoms with Crippen molar-refractivity contribution in [2.75, 3.05) is 11.9 Å². The molecule has 0 aliphatic heterocycles. The standard InChI is InChI=1S/C27H22N4O6/c1-16-12-23(30-37-16)29-24(32)15-36-27(33)25-20-9-2-3-11-22(20)28-26-18(7-5-10-21(25)26)13-17-6-4-8-19(14-17)31(34)35/h2-4,6,8-9,11-14H,5,7,10,15H2,1H3,(H,29,30,32)/b18-13+. The third kappa shape index (κ3) is 5.08. The van der Waals surface area contributed by atoms with Gasteiger partial charge in [0.1, 0.15) is 5.76 Å². The van der Waals surface area contributed by atoms with Gasteiger partial charge in [-0.15, -0.1) is 0 Å². The molecule has 4 aromatic rings. The molecule has 0 spiro atoms. The molecular weight excluding hydrogens is 476 g/mol. The van der Waals surface area contributed by atoms with Crippen molar-refractivity contribution in [3.05, 3.63) is 92.9 Å². The van der Waals surface area contributed by atoms with Crippen LogP contribution in [0.5, 0.6) is 0 Å². The van der Waals surface area contributed by atoms with Crippen molar-refractivity contribution in [2.45, 2.75) is 26.2 Å². The zero-order chi connectivity index (χ0) is 25.9. The lowest BCUT2D eigenvalue weighted by molar-refractivity contribution is -0.384. The van der Waals surface area contributed by atoms with Gasteiger partial charge in [-0.05, 0) is 55.0 Å². The molecule has 1 aliphatic rings. The number of pyridine rings is 1. The molecular formula is C27H22N4O6. The van der Waals surface area contributed by atoms with Gasteiger partial charge in [0.05, 0.1) is 21.7 Å². The molecule has 186 valence electrons. The molecule has 0 fully saturated rings. The number of aromatic nitrogens is 2. The van der Waals surface area contributed by atoms with E-state index in [1.807, 2.05) is 24.3 Å². The van der Waals surface area contributed by atoms with E-state index >= 15 is 0 Å². The van der Waals surface area contributed by atoms with Crippen LogP contribution in [0.4, 0.5) is 11.5 Å². The molecule has 1 amide bonds. The number of esters is 1. The number of amides is 1. The number of nitro groups is 1. The van der Waals surface area contributed by atoms with E-state index in [9.17, 15) is 19.7 Å². The summed E-state index contributed by atoms with van der Waals surface area (Å²) in [5, 5.41) is 18.1. The zero-order valence-electron chi connectivity index (χ0n) is 19.9. The Balaban J connectivity index is 1.48. The molecule has 1 N–H and O–H groups in total. The number of para-hydroxylation sites is 1. The van der Waals surface area contributed by atoms with Crippen LogP contribution < -0.4 is 5.32 Å². The van der Waals surface area contributed by atoms with Crippen molar-refractivity contribution in [1.82, 2.24) is 10.1 Å². The summed E-state index contributed by atoms with van der Waals surface area (Å²) in [5.74, 6) is -0.393. The Morgan fingerprint density at radius 2 is 2.00 bits per heavy atom. The molecule has 0 radical (unpaired) electrons. The number of non-ortho nitro benzene ring substituents is 1. The highest BCUT2D eigenvalue weighted by Crippen LogP contribution is 2.36. The third-order valence-electron chi connectivity index (χ3n) is 6.03. The van der Waals surface area contributed by atoms with E-state index in [1.54, 1.807) is 31.2 Å². The molecule has 2 heterocycles. The first-order chi connectivity index (χ1) is 17.9. The van der Waals surface area contributed by atoms with Crippen LogP contribution in [0.25, 0.3) is 22.6 Å². The van der Waals surface area contributed by atoms with Crippen LogP contribution in [0.2, 0.25) is 0 Å².